The molecule has 166 valence electrons. The molecular weight excluding hydrogens is 436 g/mol. The van der Waals surface area contributed by atoms with Crippen molar-refractivity contribution in [2.75, 3.05) is 25.3 Å². The molecule has 0 atom stereocenters. The minimum absolute atomic E-state index is 0.0765. The number of hydrogen-bond acceptors (Lipinski definition) is 6. The number of Topliss-reactive ketones (excluding diaryl/α,β-unsaturated/α-hetero) is 1. The fraction of sp³-hybridized carbons (Fsp3) is 0.115. The molecule has 0 radical (unpaired) electrons. The molecule has 1 N–H and O–H groups in total. The fourth-order valence-electron chi connectivity index (χ4n) is 3.44. The normalized spacial score (nSPS) is 10.6. The average molecular weight is 459 g/mol. The highest BCUT2D eigenvalue weighted by Crippen LogP contribution is 2.28. The number of carbonyl (C=O) groups excluding carboxylic acids is 2. The first-order chi connectivity index (χ1) is 16.1. The van der Waals surface area contributed by atoms with Gasteiger partial charge in [0.25, 0.3) is 5.91 Å². The average Bonchev–Trinajstić information content (AvgIpc) is 2.87. The topological polar surface area (TPSA) is 77.5 Å². The highest BCUT2D eigenvalue weighted by molar-refractivity contribution is 7.99. The lowest BCUT2D eigenvalue weighted by Gasteiger charge is -2.12. The number of pyridine rings is 1. The second kappa shape index (κ2) is 10.2. The molecule has 0 aliphatic rings. The molecule has 1 heterocycles. The molecule has 0 fully saturated rings. The number of ketones is 1. The Bertz CT molecular complexity index is 1320. The molecule has 6 nitrogen and oxygen atoms in total. The van der Waals surface area contributed by atoms with E-state index >= 15 is 0 Å². The van der Waals surface area contributed by atoms with Crippen molar-refractivity contribution >= 4 is 40.0 Å². The van der Waals surface area contributed by atoms with Crippen LogP contribution in [-0.2, 0) is 0 Å². The first-order valence-electron chi connectivity index (χ1n) is 10.2. The Morgan fingerprint density at radius 3 is 2.30 bits per heavy atom. The summed E-state index contributed by atoms with van der Waals surface area (Å²) in [4.78, 5) is 30.6. The van der Waals surface area contributed by atoms with E-state index in [0.717, 1.165) is 5.39 Å². The molecule has 0 unspecified atom stereocenters. The third kappa shape index (κ3) is 4.99. The third-order valence-corrected chi connectivity index (χ3v) is 5.96. The summed E-state index contributed by atoms with van der Waals surface area (Å²) in [6, 6.07) is 23.5. The second-order valence-corrected chi connectivity index (χ2v) is 8.09. The van der Waals surface area contributed by atoms with Crippen LogP contribution in [0.25, 0.3) is 10.9 Å². The summed E-state index contributed by atoms with van der Waals surface area (Å²) < 4.78 is 10.6. The summed E-state index contributed by atoms with van der Waals surface area (Å²) in [7, 11) is 3.09. The minimum Gasteiger partial charge on any atom is -0.496 e. The van der Waals surface area contributed by atoms with Crippen LogP contribution < -0.4 is 14.8 Å². The van der Waals surface area contributed by atoms with Crippen molar-refractivity contribution < 1.29 is 19.1 Å². The molecule has 0 saturated heterocycles. The number of ether oxygens (including phenoxy) is 2. The van der Waals surface area contributed by atoms with Crippen LogP contribution in [0.5, 0.6) is 11.5 Å². The van der Waals surface area contributed by atoms with Crippen LogP contribution in [0.4, 0.5) is 5.69 Å². The monoisotopic (exact) mass is 458 g/mol. The van der Waals surface area contributed by atoms with E-state index in [0.29, 0.717) is 38.9 Å². The molecule has 0 bridgehead atoms. The summed E-state index contributed by atoms with van der Waals surface area (Å²) in [6.45, 7) is 0. The molecule has 1 aromatic heterocycles. The maximum Gasteiger partial charge on any atom is 0.256 e. The number of amides is 1. The van der Waals surface area contributed by atoms with Crippen molar-refractivity contribution in [3.8, 4) is 11.5 Å². The van der Waals surface area contributed by atoms with E-state index in [2.05, 4.69) is 10.3 Å². The standard InChI is InChI=1S/C26H22N2O4S/c1-31-23-13-7-4-10-18(23)22(29)16-33-25-15-19(17-9-3-5-11-20(17)27-25)26(30)28-21-12-6-8-14-24(21)32-2/h3-15H,16H2,1-2H3,(H,28,30). The number of methoxy groups -OCH3 is 2. The van der Waals surface area contributed by atoms with Gasteiger partial charge in [-0.2, -0.15) is 0 Å². The Kier molecular flexibility index (Phi) is 6.90. The van der Waals surface area contributed by atoms with E-state index in [1.807, 2.05) is 42.5 Å². The smallest absolute Gasteiger partial charge is 0.256 e. The number of hydrogen-bond donors (Lipinski definition) is 1. The van der Waals surface area contributed by atoms with E-state index in [4.69, 9.17) is 9.47 Å². The summed E-state index contributed by atoms with van der Waals surface area (Å²) in [6.07, 6.45) is 0. The lowest BCUT2D eigenvalue weighted by molar-refractivity contribution is 0.101. The number of para-hydroxylation sites is 4. The maximum atomic E-state index is 13.2. The van der Waals surface area contributed by atoms with Gasteiger partial charge in [-0.3, -0.25) is 9.59 Å². The zero-order valence-corrected chi connectivity index (χ0v) is 19.0. The highest BCUT2D eigenvalue weighted by atomic mass is 32.2. The predicted octanol–water partition coefficient (Wildman–Crippen LogP) is 5.48. The summed E-state index contributed by atoms with van der Waals surface area (Å²) in [5, 5.41) is 4.23. The van der Waals surface area contributed by atoms with Crippen LogP contribution in [0, 0.1) is 0 Å². The lowest BCUT2D eigenvalue weighted by Crippen LogP contribution is -2.14. The molecule has 0 spiro atoms. The molecule has 1 amide bonds. The Morgan fingerprint density at radius 2 is 1.52 bits per heavy atom. The van der Waals surface area contributed by atoms with Gasteiger partial charge in [0.1, 0.15) is 11.5 Å². The molecule has 0 aliphatic carbocycles. The molecule has 3 aromatic carbocycles. The number of fused-ring (bicyclic) bond motifs is 1. The zero-order valence-electron chi connectivity index (χ0n) is 18.2. The van der Waals surface area contributed by atoms with Crippen molar-refractivity contribution in [3.05, 3.63) is 90.0 Å². The van der Waals surface area contributed by atoms with E-state index < -0.39 is 0 Å². The van der Waals surface area contributed by atoms with E-state index in [-0.39, 0.29) is 17.4 Å². The Hall–Kier alpha value is -3.84. The van der Waals surface area contributed by atoms with Crippen molar-refractivity contribution in [1.82, 2.24) is 4.98 Å². The quantitative estimate of drug-likeness (QED) is 0.278. The largest absolute Gasteiger partial charge is 0.496 e. The van der Waals surface area contributed by atoms with Crippen molar-refractivity contribution in [2.45, 2.75) is 5.03 Å². The molecular formula is C26H22N2O4S. The SMILES string of the molecule is COc1ccccc1NC(=O)c1cc(SCC(=O)c2ccccc2OC)nc2ccccc12. The van der Waals surface area contributed by atoms with Crippen molar-refractivity contribution in [3.63, 3.8) is 0 Å². The van der Waals surface area contributed by atoms with Crippen LogP contribution in [0.1, 0.15) is 20.7 Å². The number of aromatic nitrogens is 1. The van der Waals surface area contributed by atoms with Crippen molar-refractivity contribution in [1.29, 1.82) is 0 Å². The van der Waals surface area contributed by atoms with Gasteiger partial charge in [-0.05, 0) is 36.4 Å². The Morgan fingerprint density at radius 1 is 0.848 bits per heavy atom. The predicted molar refractivity (Wildman–Crippen MR) is 131 cm³/mol. The second-order valence-electron chi connectivity index (χ2n) is 7.09. The number of nitrogens with one attached hydrogen (secondary N) is 1. The van der Waals surface area contributed by atoms with Crippen LogP contribution in [0.2, 0.25) is 0 Å². The lowest BCUT2D eigenvalue weighted by atomic mass is 10.1. The van der Waals surface area contributed by atoms with E-state index in [1.54, 1.807) is 43.5 Å². The number of carbonyl (C=O) groups is 2. The van der Waals surface area contributed by atoms with Gasteiger partial charge in [-0.15, -0.1) is 0 Å². The van der Waals surface area contributed by atoms with Gasteiger partial charge in [0.2, 0.25) is 0 Å². The number of benzene rings is 3. The first kappa shape index (κ1) is 22.4. The van der Waals surface area contributed by atoms with Gasteiger partial charge in [0.15, 0.2) is 5.78 Å². The van der Waals surface area contributed by atoms with Crippen molar-refractivity contribution in [2.24, 2.45) is 0 Å². The van der Waals surface area contributed by atoms with E-state index in [1.165, 1.54) is 18.9 Å². The van der Waals surface area contributed by atoms with Crippen LogP contribution in [0.15, 0.2) is 83.9 Å². The van der Waals surface area contributed by atoms with Gasteiger partial charge in [-0.25, -0.2) is 4.98 Å². The number of thioether (sulfide) groups is 1. The van der Waals surface area contributed by atoms with Crippen LogP contribution >= 0.6 is 11.8 Å². The van der Waals surface area contributed by atoms with Gasteiger partial charge >= 0.3 is 0 Å². The van der Waals surface area contributed by atoms with E-state index in [9.17, 15) is 9.59 Å². The molecule has 7 heteroatoms. The first-order valence-corrected chi connectivity index (χ1v) is 11.2. The maximum absolute atomic E-state index is 13.2. The number of rotatable bonds is 8. The van der Waals surface area contributed by atoms with Crippen LogP contribution in [-0.4, -0.2) is 36.6 Å². The molecule has 4 rings (SSSR count). The molecule has 4 aromatic rings. The van der Waals surface area contributed by atoms with Gasteiger partial charge < -0.3 is 14.8 Å². The molecule has 0 saturated carbocycles. The van der Waals surface area contributed by atoms with Gasteiger partial charge in [0, 0.05) is 5.39 Å². The van der Waals surface area contributed by atoms with Gasteiger partial charge in [-0.1, -0.05) is 54.2 Å². The van der Waals surface area contributed by atoms with Crippen LogP contribution in [0.3, 0.4) is 0 Å². The summed E-state index contributed by atoms with van der Waals surface area (Å²) in [5.41, 5.74) is 2.24. The summed E-state index contributed by atoms with van der Waals surface area (Å²) >= 11 is 1.28. The third-order valence-electron chi connectivity index (χ3n) is 5.05. The molecule has 0 aliphatic heterocycles. The fourth-order valence-corrected chi connectivity index (χ4v) is 4.24. The Labute approximate surface area is 195 Å². The zero-order chi connectivity index (χ0) is 23.2. The van der Waals surface area contributed by atoms with Gasteiger partial charge in [0.05, 0.1) is 47.3 Å². The number of anilines is 1. The number of nitrogens with zero attached hydrogens (tertiary/aromatic N) is 1. The summed E-state index contributed by atoms with van der Waals surface area (Å²) in [5.74, 6) is 0.912. The molecule has 33 heavy (non-hydrogen) atoms. The Balaban J connectivity index is 1.61. The highest BCUT2D eigenvalue weighted by Gasteiger charge is 2.17. The minimum atomic E-state index is -0.281.